The first-order valence-electron chi connectivity index (χ1n) is 7.60. The lowest BCUT2D eigenvalue weighted by atomic mass is 9.83. The number of hydrogen-bond donors (Lipinski definition) is 2. The molecule has 0 amide bonds. The first kappa shape index (κ1) is 14.0. The number of hydrazine groups is 1. The van der Waals surface area contributed by atoms with Gasteiger partial charge >= 0.3 is 0 Å². The van der Waals surface area contributed by atoms with Gasteiger partial charge in [0.25, 0.3) is 0 Å². The van der Waals surface area contributed by atoms with Gasteiger partial charge in [0.15, 0.2) is 0 Å². The molecule has 4 heteroatoms. The van der Waals surface area contributed by atoms with Crippen LogP contribution in [0.4, 0.5) is 4.39 Å². The zero-order valence-corrected chi connectivity index (χ0v) is 12.1. The molecule has 2 aliphatic rings. The number of nitrogens with one attached hydrogen (secondary N) is 1. The summed E-state index contributed by atoms with van der Waals surface area (Å²) in [6.45, 7) is 0. The number of hydrogen-bond acceptors (Lipinski definition) is 3. The van der Waals surface area contributed by atoms with Crippen molar-refractivity contribution in [1.82, 2.24) is 10.3 Å². The van der Waals surface area contributed by atoms with Crippen LogP contribution in [0.1, 0.15) is 31.2 Å². The van der Waals surface area contributed by atoms with Gasteiger partial charge in [-0.3, -0.25) is 11.3 Å². The van der Waals surface area contributed by atoms with Crippen molar-refractivity contribution in [2.24, 2.45) is 11.8 Å². The largest absolute Gasteiger partial charge is 0.300 e. The van der Waals surface area contributed by atoms with Crippen LogP contribution in [0.15, 0.2) is 24.3 Å². The van der Waals surface area contributed by atoms with Gasteiger partial charge in [-0.25, -0.2) is 4.39 Å². The minimum Gasteiger partial charge on any atom is -0.300 e. The van der Waals surface area contributed by atoms with Gasteiger partial charge in [-0.05, 0) is 62.8 Å². The maximum atomic E-state index is 13.3. The number of fused-ring (bicyclic) bond motifs is 2. The highest BCUT2D eigenvalue weighted by Crippen LogP contribution is 2.39. The number of nitrogens with two attached hydrogens (primary N) is 1. The summed E-state index contributed by atoms with van der Waals surface area (Å²) in [6, 6.07) is 8.53. The standard InChI is InChI=1S/C16H24FN3/c1-20-14-5-6-15(20)10-12(9-14)16(19-18)8-11-3-2-4-13(17)7-11/h2-4,7,12,14-16,19H,5-6,8-10,18H2,1H3. The summed E-state index contributed by atoms with van der Waals surface area (Å²) in [6.07, 6.45) is 5.85. The zero-order chi connectivity index (χ0) is 14.1. The lowest BCUT2D eigenvalue weighted by Crippen LogP contribution is -2.49. The number of rotatable bonds is 4. The normalized spacial score (nSPS) is 31.4. The predicted molar refractivity (Wildman–Crippen MR) is 78.5 cm³/mol. The van der Waals surface area contributed by atoms with E-state index in [1.807, 2.05) is 6.07 Å². The lowest BCUT2D eigenvalue weighted by molar-refractivity contribution is 0.112. The van der Waals surface area contributed by atoms with Gasteiger partial charge < -0.3 is 4.90 Å². The third kappa shape index (κ3) is 2.73. The topological polar surface area (TPSA) is 41.3 Å². The molecule has 2 fully saturated rings. The van der Waals surface area contributed by atoms with E-state index < -0.39 is 0 Å². The van der Waals surface area contributed by atoms with E-state index in [-0.39, 0.29) is 11.9 Å². The van der Waals surface area contributed by atoms with Gasteiger partial charge in [0.05, 0.1) is 0 Å². The van der Waals surface area contributed by atoms with Crippen LogP contribution in [-0.2, 0) is 6.42 Å². The van der Waals surface area contributed by atoms with Crippen molar-refractivity contribution in [3.63, 3.8) is 0 Å². The van der Waals surface area contributed by atoms with Gasteiger partial charge in [0.2, 0.25) is 0 Å². The highest BCUT2D eigenvalue weighted by atomic mass is 19.1. The van der Waals surface area contributed by atoms with E-state index in [4.69, 9.17) is 5.84 Å². The van der Waals surface area contributed by atoms with Gasteiger partial charge in [0, 0.05) is 18.1 Å². The van der Waals surface area contributed by atoms with Crippen molar-refractivity contribution in [1.29, 1.82) is 0 Å². The molecule has 3 rings (SSSR count). The molecule has 0 spiro atoms. The quantitative estimate of drug-likeness (QED) is 0.654. The fraction of sp³-hybridized carbons (Fsp3) is 0.625. The number of benzene rings is 1. The van der Waals surface area contributed by atoms with Crippen molar-refractivity contribution in [2.45, 2.75) is 50.2 Å². The molecular weight excluding hydrogens is 253 g/mol. The Morgan fingerprint density at radius 3 is 2.65 bits per heavy atom. The number of piperidine rings is 1. The molecule has 3 N–H and O–H groups in total. The maximum Gasteiger partial charge on any atom is 0.123 e. The van der Waals surface area contributed by atoms with Crippen LogP contribution in [0, 0.1) is 11.7 Å². The molecule has 1 aromatic rings. The molecular formula is C16H24FN3. The summed E-state index contributed by atoms with van der Waals surface area (Å²) >= 11 is 0. The minimum atomic E-state index is -0.165. The van der Waals surface area contributed by atoms with E-state index in [0.29, 0.717) is 18.0 Å². The minimum absolute atomic E-state index is 0.165. The first-order chi connectivity index (χ1) is 9.67. The zero-order valence-electron chi connectivity index (χ0n) is 12.1. The van der Waals surface area contributed by atoms with E-state index in [0.717, 1.165) is 12.0 Å². The second-order valence-corrected chi connectivity index (χ2v) is 6.39. The molecule has 0 radical (unpaired) electrons. The molecule has 110 valence electrons. The molecule has 3 nitrogen and oxygen atoms in total. The van der Waals surface area contributed by atoms with Crippen molar-refractivity contribution >= 4 is 0 Å². The second kappa shape index (κ2) is 5.80. The van der Waals surface area contributed by atoms with Gasteiger partial charge in [-0.2, -0.15) is 0 Å². The SMILES string of the molecule is CN1C2CCC1CC(C(Cc1cccc(F)c1)NN)C2. The van der Waals surface area contributed by atoms with Crippen molar-refractivity contribution in [3.05, 3.63) is 35.6 Å². The van der Waals surface area contributed by atoms with Gasteiger partial charge in [0.1, 0.15) is 5.82 Å². The summed E-state index contributed by atoms with van der Waals surface area (Å²) in [5.41, 5.74) is 4.01. The van der Waals surface area contributed by atoms with Gasteiger partial charge in [-0.15, -0.1) is 0 Å². The molecule has 2 aliphatic heterocycles. The molecule has 2 bridgehead atoms. The van der Waals surface area contributed by atoms with E-state index in [1.54, 1.807) is 12.1 Å². The molecule has 0 aliphatic carbocycles. The predicted octanol–water partition coefficient (Wildman–Crippen LogP) is 2.07. The van der Waals surface area contributed by atoms with Crippen molar-refractivity contribution in [2.75, 3.05) is 7.05 Å². The Balaban J connectivity index is 1.68. The van der Waals surface area contributed by atoms with Crippen LogP contribution in [0.25, 0.3) is 0 Å². The third-order valence-electron chi connectivity index (χ3n) is 5.26. The van der Waals surface area contributed by atoms with Crippen molar-refractivity contribution in [3.8, 4) is 0 Å². The molecule has 2 saturated heterocycles. The van der Waals surface area contributed by atoms with Gasteiger partial charge in [-0.1, -0.05) is 12.1 Å². The molecule has 0 aromatic heterocycles. The summed E-state index contributed by atoms with van der Waals surface area (Å²) < 4.78 is 13.3. The van der Waals surface area contributed by atoms with Crippen LogP contribution < -0.4 is 11.3 Å². The van der Waals surface area contributed by atoms with E-state index in [9.17, 15) is 4.39 Å². The second-order valence-electron chi connectivity index (χ2n) is 6.39. The summed E-state index contributed by atoms with van der Waals surface area (Å²) in [7, 11) is 2.25. The highest BCUT2D eigenvalue weighted by Gasteiger charge is 2.40. The number of halogens is 1. The van der Waals surface area contributed by atoms with E-state index >= 15 is 0 Å². The van der Waals surface area contributed by atoms with Crippen LogP contribution in [0.5, 0.6) is 0 Å². The Bertz CT molecular complexity index is 451. The average molecular weight is 277 g/mol. The molecule has 1 aromatic carbocycles. The Kier molecular flexibility index (Phi) is 4.06. The Morgan fingerprint density at radius 2 is 2.05 bits per heavy atom. The van der Waals surface area contributed by atoms with Crippen LogP contribution in [0.3, 0.4) is 0 Å². The van der Waals surface area contributed by atoms with Crippen molar-refractivity contribution < 1.29 is 4.39 Å². The molecule has 3 unspecified atom stereocenters. The third-order valence-corrected chi connectivity index (χ3v) is 5.26. The smallest absolute Gasteiger partial charge is 0.123 e. The lowest BCUT2D eigenvalue weighted by Gasteiger charge is -2.39. The first-order valence-corrected chi connectivity index (χ1v) is 7.60. The Morgan fingerprint density at radius 1 is 1.35 bits per heavy atom. The fourth-order valence-electron chi connectivity index (χ4n) is 4.06. The van der Waals surface area contributed by atoms with E-state index in [1.165, 1.54) is 31.7 Å². The monoisotopic (exact) mass is 277 g/mol. The van der Waals surface area contributed by atoms with Crippen LogP contribution >= 0.6 is 0 Å². The molecule has 3 atom stereocenters. The highest BCUT2D eigenvalue weighted by molar-refractivity contribution is 5.18. The van der Waals surface area contributed by atoms with Crippen LogP contribution in [-0.4, -0.2) is 30.1 Å². The average Bonchev–Trinajstić information content (AvgIpc) is 2.66. The Hall–Kier alpha value is -0.970. The summed E-state index contributed by atoms with van der Waals surface area (Å²) in [5, 5.41) is 0. The molecule has 20 heavy (non-hydrogen) atoms. The molecule has 0 saturated carbocycles. The fourth-order valence-corrected chi connectivity index (χ4v) is 4.06. The van der Waals surface area contributed by atoms with E-state index in [2.05, 4.69) is 17.4 Å². The summed E-state index contributed by atoms with van der Waals surface area (Å²) in [5.74, 6) is 6.21. The summed E-state index contributed by atoms with van der Waals surface area (Å²) in [4.78, 5) is 2.53. The van der Waals surface area contributed by atoms with Crippen LogP contribution in [0.2, 0.25) is 0 Å². The number of nitrogens with zero attached hydrogens (tertiary/aromatic N) is 1. The molecule has 2 heterocycles. The Labute approximate surface area is 120 Å². The maximum absolute atomic E-state index is 13.3.